The van der Waals surface area contributed by atoms with E-state index in [4.69, 9.17) is 17.3 Å². The molecule has 0 aliphatic heterocycles. The van der Waals surface area contributed by atoms with E-state index in [0.29, 0.717) is 5.03 Å². The SMILES string of the molecule is C=C/C(Cl)=C\C=C(/C)C(C)N. The molecule has 0 aromatic rings. The van der Waals surface area contributed by atoms with Gasteiger partial charge in [0, 0.05) is 11.1 Å². The minimum absolute atomic E-state index is 0.0838. The Balaban J connectivity index is 4.22. The van der Waals surface area contributed by atoms with E-state index in [1.807, 2.05) is 19.9 Å². The van der Waals surface area contributed by atoms with E-state index in [9.17, 15) is 0 Å². The van der Waals surface area contributed by atoms with E-state index in [1.165, 1.54) is 0 Å². The summed E-state index contributed by atoms with van der Waals surface area (Å²) in [7, 11) is 0. The van der Waals surface area contributed by atoms with Gasteiger partial charge < -0.3 is 5.73 Å². The first kappa shape index (κ1) is 10.5. The number of hydrogen-bond acceptors (Lipinski definition) is 1. The third-order valence-corrected chi connectivity index (χ3v) is 1.70. The predicted molar refractivity (Wildman–Crippen MR) is 51.5 cm³/mol. The van der Waals surface area contributed by atoms with Crippen molar-refractivity contribution < 1.29 is 0 Å². The van der Waals surface area contributed by atoms with Crippen molar-refractivity contribution in [3.05, 3.63) is 35.4 Å². The van der Waals surface area contributed by atoms with Crippen LogP contribution in [0.3, 0.4) is 0 Å². The third kappa shape index (κ3) is 4.82. The summed E-state index contributed by atoms with van der Waals surface area (Å²) in [5, 5.41) is 0.630. The number of nitrogens with two attached hydrogens (primary N) is 1. The molecule has 0 amide bonds. The van der Waals surface area contributed by atoms with Gasteiger partial charge in [-0.1, -0.05) is 35.9 Å². The zero-order chi connectivity index (χ0) is 8.85. The second kappa shape index (κ2) is 5.16. The summed E-state index contributed by atoms with van der Waals surface area (Å²) in [6, 6.07) is 0.0838. The normalized spacial score (nSPS) is 16.4. The van der Waals surface area contributed by atoms with Crippen molar-refractivity contribution in [1.29, 1.82) is 0 Å². The van der Waals surface area contributed by atoms with Gasteiger partial charge >= 0.3 is 0 Å². The Labute approximate surface area is 73.2 Å². The minimum atomic E-state index is 0.0838. The topological polar surface area (TPSA) is 26.0 Å². The molecule has 0 rings (SSSR count). The molecule has 11 heavy (non-hydrogen) atoms. The number of hydrogen-bond donors (Lipinski definition) is 1. The third-order valence-electron chi connectivity index (χ3n) is 1.42. The first-order valence-electron chi connectivity index (χ1n) is 3.50. The van der Waals surface area contributed by atoms with Crippen LogP contribution in [0.15, 0.2) is 35.4 Å². The van der Waals surface area contributed by atoms with Crippen molar-refractivity contribution in [2.75, 3.05) is 0 Å². The summed E-state index contributed by atoms with van der Waals surface area (Å²) in [6.07, 6.45) is 5.27. The monoisotopic (exact) mass is 171 g/mol. The van der Waals surface area contributed by atoms with Crippen molar-refractivity contribution in [2.24, 2.45) is 5.73 Å². The van der Waals surface area contributed by atoms with Gasteiger partial charge in [0.15, 0.2) is 0 Å². The summed E-state index contributed by atoms with van der Waals surface area (Å²) in [5.41, 5.74) is 6.70. The molecule has 0 radical (unpaired) electrons. The predicted octanol–water partition coefficient (Wildman–Crippen LogP) is 2.59. The van der Waals surface area contributed by atoms with Crippen LogP contribution in [-0.2, 0) is 0 Å². The van der Waals surface area contributed by atoms with E-state index < -0.39 is 0 Å². The van der Waals surface area contributed by atoms with Crippen molar-refractivity contribution in [3.8, 4) is 0 Å². The average molecular weight is 172 g/mol. The molecule has 0 aromatic heterocycles. The maximum absolute atomic E-state index is 5.67. The smallest absolute Gasteiger partial charge is 0.0400 e. The van der Waals surface area contributed by atoms with Gasteiger partial charge in [0.2, 0.25) is 0 Å². The lowest BCUT2D eigenvalue weighted by atomic mass is 10.1. The van der Waals surface area contributed by atoms with Crippen LogP contribution in [0.2, 0.25) is 0 Å². The Kier molecular flexibility index (Phi) is 4.92. The van der Waals surface area contributed by atoms with Crippen LogP contribution in [0.4, 0.5) is 0 Å². The molecule has 0 aromatic carbocycles. The van der Waals surface area contributed by atoms with E-state index >= 15 is 0 Å². The molecule has 0 spiro atoms. The fourth-order valence-corrected chi connectivity index (χ4v) is 0.494. The molecule has 0 saturated carbocycles. The quantitative estimate of drug-likeness (QED) is 0.650. The van der Waals surface area contributed by atoms with Crippen LogP contribution in [0.5, 0.6) is 0 Å². The molecule has 2 heteroatoms. The fourth-order valence-electron chi connectivity index (χ4n) is 0.431. The molecular weight excluding hydrogens is 158 g/mol. The van der Waals surface area contributed by atoms with Crippen molar-refractivity contribution in [3.63, 3.8) is 0 Å². The number of allylic oxidation sites excluding steroid dienone is 4. The molecular formula is C9H14ClN. The zero-order valence-electron chi connectivity index (χ0n) is 6.97. The Bertz CT molecular complexity index is 190. The summed E-state index contributed by atoms with van der Waals surface area (Å²) in [5.74, 6) is 0. The van der Waals surface area contributed by atoms with Gasteiger partial charge in [0.25, 0.3) is 0 Å². The molecule has 62 valence electrons. The summed E-state index contributed by atoms with van der Waals surface area (Å²) >= 11 is 5.67. The second-order valence-electron chi connectivity index (χ2n) is 2.46. The van der Waals surface area contributed by atoms with E-state index in [-0.39, 0.29) is 6.04 Å². The van der Waals surface area contributed by atoms with Crippen molar-refractivity contribution in [1.82, 2.24) is 0 Å². The highest BCUT2D eigenvalue weighted by Gasteiger charge is 1.92. The molecule has 0 saturated heterocycles. The summed E-state index contributed by atoms with van der Waals surface area (Å²) < 4.78 is 0. The van der Waals surface area contributed by atoms with Gasteiger partial charge in [-0.3, -0.25) is 0 Å². The Morgan fingerprint density at radius 1 is 1.55 bits per heavy atom. The highest BCUT2D eigenvalue weighted by Crippen LogP contribution is 2.04. The highest BCUT2D eigenvalue weighted by molar-refractivity contribution is 6.31. The van der Waals surface area contributed by atoms with E-state index in [0.717, 1.165) is 5.57 Å². The van der Waals surface area contributed by atoms with Gasteiger partial charge in [-0.25, -0.2) is 0 Å². The lowest BCUT2D eigenvalue weighted by Crippen LogP contribution is -2.15. The average Bonchev–Trinajstić information content (AvgIpc) is 1.99. The van der Waals surface area contributed by atoms with Gasteiger partial charge in [0.1, 0.15) is 0 Å². The number of halogens is 1. The first-order chi connectivity index (χ1) is 5.07. The Hall–Kier alpha value is -0.530. The molecule has 0 heterocycles. The van der Waals surface area contributed by atoms with Crippen LogP contribution in [-0.4, -0.2) is 6.04 Å². The van der Waals surface area contributed by atoms with Crippen LogP contribution in [0.25, 0.3) is 0 Å². The molecule has 2 N–H and O–H groups in total. The van der Waals surface area contributed by atoms with Gasteiger partial charge in [-0.2, -0.15) is 0 Å². The summed E-state index contributed by atoms with van der Waals surface area (Å²) in [6.45, 7) is 7.42. The van der Waals surface area contributed by atoms with Gasteiger partial charge in [-0.15, -0.1) is 0 Å². The molecule has 0 aliphatic rings. The van der Waals surface area contributed by atoms with Crippen LogP contribution >= 0.6 is 11.6 Å². The summed E-state index contributed by atoms with van der Waals surface area (Å²) in [4.78, 5) is 0. The number of rotatable bonds is 3. The van der Waals surface area contributed by atoms with E-state index in [1.54, 1.807) is 12.2 Å². The molecule has 0 fully saturated rings. The molecule has 0 aliphatic carbocycles. The lowest BCUT2D eigenvalue weighted by Gasteiger charge is -2.02. The van der Waals surface area contributed by atoms with Crippen molar-refractivity contribution in [2.45, 2.75) is 19.9 Å². The molecule has 0 bridgehead atoms. The molecule has 1 nitrogen and oxygen atoms in total. The fraction of sp³-hybridized carbons (Fsp3) is 0.333. The maximum atomic E-state index is 5.67. The minimum Gasteiger partial charge on any atom is -0.324 e. The van der Waals surface area contributed by atoms with Gasteiger partial charge in [-0.05, 0) is 19.9 Å². The lowest BCUT2D eigenvalue weighted by molar-refractivity contribution is 0.861. The molecule has 1 unspecified atom stereocenters. The Morgan fingerprint density at radius 2 is 2.09 bits per heavy atom. The van der Waals surface area contributed by atoms with Crippen LogP contribution in [0, 0.1) is 0 Å². The first-order valence-corrected chi connectivity index (χ1v) is 3.87. The second-order valence-corrected chi connectivity index (χ2v) is 2.89. The standard InChI is InChI=1S/C9H14ClN/c1-4-9(10)6-5-7(2)8(3)11/h4-6,8H,1,11H2,2-3H3/b7-5+,9-6+. The molecule has 1 atom stereocenters. The largest absolute Gasteiger partial charge is 0.324 e. The van der Waals surface area contributed by atoms with Crippen molar-refractivity contribution >= 4 is 11.6 Å². The van der Waals surface area contributed by atoms with Crippen LogP contribution in [0.1, 0.15) is 13.8 Å². The van der Waals surface area contributed by atoms with Crippen LogP contribution < -0.4 is 5.73 Å². The maximum Gasteiger partial charge on any atom is 0.0400 e. The van der Waals surface area contributed by atoms with Gasteiger partial charge in [0.05, 0.1) is 0 Å². The highest BCUT2D eigenvalue weighted by atomic mass is 35.5. The zero-order valence-corrected chi connectivity index (χ0v) is 7.73. The Morgan fingerprint density at radius 3 is 2.45 bits per heavy atom. The van der Waals surface area contributed by atoms with E-state index in [2.05, 4.69) is 6.58 Å².